The summed E-state index contributed by atoms with van der Waals surface area (Å²) in [6.45, 7) is 63.2. The van der Waals surface area contributed by atoms with Crippen LogP contribution < -0.4 is 4.72 Å². The van der Waals surface area contributed by atoms with E-state index in [2.05, 4.69) is 30.2 Å². The number of carboxylic acid groups (broad SMARTS) is 6. The number of amides is 1. The van der Waals surface area contributed by atoms with Crippen molar-refractivity contribution >= 4 is 116 Å². The van der Waals surface area contributed by atoms with Gasteiger partial charge in [0.15, 0.2) is 11.9 Å². The van der Waals surface area contributed by atoms with Gasteiger partial charge in [-0.1, -0.05) is 171 Å². The van der Waals surface area contributed by atoms with Gasteiger partial charge in [0.2, 0.25) is 15.9 Å². The Labute approximate surface area is 832 Å². The van der Waals surface area contributed by atoms with E-state index in [4.69, 9.17) is 68.9 Å². The summed E-state index contributed by atoms with van der Waals surface area (Å²) in [6, 6.07) is 0. The highest BCUT2D eigenvalue weighted by atomic mass is 32.2. The molecule has 139 heavy (non-hydrogen) atoms. The Hall–Kier alpha value is -8.06. The number of aliphatic carboxylic acids is 6. The smallest absolute Gasteiger partial charge is 0.311 e. The summed E-state index contributed by atoms with van der Waals surface area (Å²) < 4.78 is 69.2. The fourth-order valence-electron chi connectivity index (χ4n) is 16.3. The Kier molecular flexibility index (Phi) is 58.2. The molecule has 26 unspecified atom stereocenters. The van der Waals surface area contributed by atoms with E-state index < -0.39 is 181 Å². The van der Waals surface area contributed by atoms with Gasteiger partial charge in [-0.15, -0.1) is 0 Å². The van der Waals surface area contributed by atoms with E-state index >= 15 is 0 Å². The van der Waals surface area contributed by atoms with Crippen molar-refractivity contribution in [2.24, 2.45) is 147 Å². The van der Waals surface area contributed by atoms with Crippen molar-refractivity contribution in [2.75, 3.05) is 33.4 Å². The molecular formula is C102H179NO34S2. The van der Waals surface area contributed by atoms with Gasteiger partial charge in [-0.05, 0) is 221 Å². The van der Waals surface area contributed by atoms with E-state index in [1.807, 2.05) is 41.5 Å². The number of ether oxygens (including phenoxy) is 9. The van der Waals surface area contributed by atoms with E-state index in [0.717, 1.165) is 37.9 Å². The summed E-state index contributed by atoms with van der Waals surface area (Å²) in [4.78, 5) is 180. The van der Waals surface area contributed by atoms with Crippen molar-refractivity contribution in [1.29, 1.82) is 0 Å². The Balaban J connectivity index is -0.00000150. The van der Waals surface area contributed by atoms with Crippen LogP contribution in [0.25, 0.3) is 0 Å². The van der Waals surface area contributed by atoms with E-state index in [1.54, 1.807) is 196 Å². The molecule has 1 amide bonds. The molecule has 0 saturated heterocycles. The molecule has 0 aromatic rings. The number of sulfonamides is 1. The first-order valence-corrected chi connectivity index (χ1v) is 51.5. The lowest BCUT2D eigenvalue weighted by atomic mass is 9.70. The number of methoxy groups -OCH3 is 1. The van der Waals surface area contributed by atoms with Crippen LogP contribution in [-0.4, -0.2) is 211 Å². The maximum Gasteiger partial charge on any atom is 0.311 e. The Morgan fingerprint density at radius 3 is 0.964 bits per heavy atom. The quantitative estimate of drug-likeness (QED) is 0.0188. The van der Waals surface area contributed by atoms with Crippen molar-refractivity contribution in [2.45, 2.75) is 372 Å². The number of hydrogen-bond donors (Lipinski definition) is 8. The number of thioether (sulfide) groups is 1. The number of aliphatic hydroxyl groups is 1. The topological polar surface area (TPSA) is 544 Å². The number of carboxylic acids is 6. The first-order valence-electron chi connectivity index (χ1n) is 48.8. The van der Waals surface area contributed by atoms with Gasteiger partial charge in [0.1, 0.15) is 34.6 Å². The fourth-order valence-corrected chi connectivity index (χ4v) is 17.8. The minimum absolute atomic E-state index is 0.0273. The number of carbonyl (C=O) groups excluding carboxylic acids is 10. The maximum absolute atomic E-state index is 12.2. The van der Waals surface area contributed by atoms with Crippen LogP contribution in [0.15, 0.2) is 0 Å². The van der Waals surface area contributed by atoms with Crippen LogP contribution in [-0.2, 0) is 129 Å². The lowest BCUT2D eigenvalue weighted by Gasteiger charge is -2.38. The van der Waals surface area contributed by atoms with Crippen molar-refractivity contribution in [3.05, 3.63) is 0 Å². The molecule has 0 aromatic heterocycles. The third kappa shape index (κ3) is 49.2. The Bertz CT molecular complexity index is 3910. The number of esters is 8. The lowest BCUT2D eigenvalue weighted by Crippen LogP contribution is -2.40. The van der Waals surface area contributed by atoms with E-state index in [1.165, 1.54) is 96.4 Å². The Morgan fingerprint density at radius 1 is 0.381 bits per heavy atom. The molecule has 0 radical (unpaired) electrons. The summed E-state index contributed by atoms with van der Waals surface area (Å²) in [5.41, 5.74) is -1.93. The minimum atomic E-state index is -3.62. The summed E-state index contributed by atoms with van der Waals surface area (Å²) in [5.74, 6) is -13.5. The third-order valence-electron chi connectivity index (χ3n) is 27.3. The second-order valence-electron chi connectivity index (χ2n) is 44.3. The van der Waals surface area contributed by atoms with Gasteiger partial charge in [-0.2, -0.15) is 0 Å². The molecule has 0 spiro atoms. The molecule has 7 fully saturated rings. The Morgan fingerprint density at radius 2 is 0.683 bits per heavy atom. The molecule has 0 aliphatic heterocycles. The normalized spacial score (nSPS) is 23.8. The molecule has 0 heterocycles. The third-order valence-corrected chi connectivity index (χ3v) is 29.0. The van der Waals surface area contributed by atoms with E-state index in [0.29, 0.717) is 11.8 Å². The number of hydrogen-bond acceptors (Lipinski definition) is 29. The molecule has 35 nitrogen and oxygen atoms in total. The van der Waals surface area contributed by atoms with Gasteiger partial charge in [-0.3, -0.25) is 81.4 Å². The van der Waals surface area contributed by atoms with Crippen LogP contribution in [0.4, 0.5) is 0 Å². The van der Waals surface area contributed by atoms with Gasteiger partial charge in [0.25, 0.3) is 0 Å². The second kappa shape index (κ2) is 59.9. The van der Waals surface area contributed by atoms with Gasteiger partial charge in [0, 0.05) is 35.7 Å². The molecule has 7 saturated carbocycles. The van der Waals surface area contributed by atoms with Crippen molar-refractivity contribution < 1.29 is 164 Å². The molecule has 0 aromatic carbocycles. The average Bonchev–Trinajstić information content (AvgIpc) is 1.55. The molecule has 8 N–H and O–H groups in total. The lowest BCUT2D eigenvalue weighted by molar-refractivity contribution is -0.171. The summed E-state index contributed by atoms with van der Waals surface area (Å²) in [7, 11) is -2.19. The second-order valence-corrected chi connectivity index (χ2v) is 47.8. The summed E-state index contributed by atoms with van der Waals surface area (Å²) in [5, 5.41) is 59.3. The zero-order valence-corrected chi connectivity index (χ0v) is 92.4. The largest absolute Gasteiger partial charge is 0.481 e. The van der Waals surface area contributed by atoms with Crippen molar-refractivity contribution in [3.63, 3.8) is 0 Å². The van der Waals surface area contributed by atoms with Crippen LogP contribution in [0.2, 0.25) is 0 Å². The van der Waals surface area contributed by atoms with E-state index in [9.17, 15) is 85.1 Å². The summed E-state index contributed by atoms with van der Waals surface area (Å²) in [6.07, 6.45) is 18.2. The van der Waals surface area contributed by atoms with Gasteiger partial charge >= 0.3 is 83.6 Å². The molecule has 7 aliphatic carbocycles. The van der Waals surface area contributed by atoms with Crippen LogP contribution in [0, 0.1) is 147 Å². The molecule has 7 rings (SSSR count). The van der Waals surface area contributed by atoms with Crippen LogP contribution >= 0.6 is 11.8 Å². The zero-order valence-electron chi connectivity index (χ0n) is 90.7. The molecular weight excluding hydrogens is 1850 g/mol. The highest BCUT2D eigenvalue weighted by molar-refractivity contribution is 8.14. The number of fused-ring (bicyclic) bond motifs is 9. The highest BCUT2D eigenvalue weighted by Gasteiger charge is 2.63. The monoisotopic (exact) mass is 2030 g/mol. The SMILES string of the molecule is C1CC2C3CCC(C3)C2C1.CC(C(=O)O)C(C)C(=O)NS(C)(=O)=O.CC(C(=O)O)C(C)C(=O)O.CC(C(=O)O)C(C)C(=O)OC1CC2CCC1(C)C2(C)C.CC(C(=O)O)C(C)C(=O)OC1CC2CCC1C2.CC(C(=O)OC(C)(C)C)C(C)C(=O)OC(C)(C)C.CC(C(=O)OC(C)(C)C)C(C)C(=O)SC(C)(C)C.CCO.CCOC(=O)C(C)C(C)C(=O)O.COCOC(=O)C(C)C(C)C(=O)OC(C)(C)C. The van der Waals surface area contributed by atoms with Gasteiger partial charge in [0.05, 0.1) is 95.7 Å². The molecule has 808 valence electrons. The van der Waals surface area contributed by atoms with E-state index in [-0.39, 0.29) is 88.7 Å². The molecule has 26 atom stereocenters. The number of nitrogens with one attached hydrogen (secondary N) is 1. The molecule has 6 bridgehead atoms. The molecule has 37 heteroatoms. The first kappa shape index (κ1) is 135. The first-order chi connectivity index (χ1) is 62.9. The van der Waals surface area contributed by atoms with Gasteiger partial charge in [-0.25, -0.2) is 8.42 Å². The summed E-state index contributed by atoms with van der Waals surface area (Å²) >= 11 is 1.28. The van der Waals surface area contributed by atoms with Crippen molar-refractivity contribution in [3.8, 4) is 0 Å². The van der Waals surface area contributed by atoms with Crippen LogP contribution in [0.1, 0.15) is 333 Å². The number of aliphatic hydroxyl groups excluding tert-OH is 1. The zero-order chi connectivity index (χ0) is 110. The van der Waals surface area contributed by atoms with Crippen molar-refractivity contribution in [1.82, 2.24) is 4.72 Å². The maximum atomic E-state index is 12.2. The van der Waals surface area contributed by atoms with Crippen LogP contribution in [0.5, 0.6) is 0 Å². The molecule has 7 aliphatic rings. The van der Waals surface area contributed by atoms with Crippen LogP contribution in [0.3, 0.4) is 0 Å². The fraction of sp³-hybridized carbons (Fsp3) is 0.843. The average molecular weight is 2030 g/mol. The standard InChI is InChI=1S/C16H26O4.C14H26O4.C14H26O3S.C13H20O4.C12H22O5.C10H16.C8H14O4.C7H13NO5S.C6H10O4.C2H6O/c1-9(13(17)18)10(2)14(19)20-12-8-11-6-7-16(12,5)15(11,3)4;2*1-9(11(15)17-13(3,4)5)10(2)12(16)18-14(6,7)8;1-7(12(14)15)8(2)13(16)17-11-6-9-3-4-10(11)5-9;1-8(10(13)16-7-15-6)9(2)11(14)17-12(3,4)5;1-2-9-7-4-5-8(6-7)10(9)3-1;1-4-12-8(11)6(3)5(2)7(9)10;1-4(5(2)7(10)11)6(9)8-14(3,12)13;1-3(5(7)8)4(2)6(9)10;1-2-3/h9-12H,6-8H2,1-5H3,(H,17,18);2*9-10H,1-8H3;7-11H,3-6H2,1-2H3,(H,14,15);8-9H,7H2,1-6H3;7-10H,1-6H2;5-6H,4H2,1-3H3,(H,9,10);4-5H,1-3H3,(H,8,9)(H,10,11);3-4H,1-2H3,(H,7,8)(H,9,10);3H,2H2,1H3. The predicted octanol–water partition coefficient (Wildman–Crippen LogP) is 17.1. The number of rotatable bonds is 30. The minimum Gasteiger partial charge on any atom is -0.481 e. The van der Waals surface area contributed by atoms with Gasteiger partial charge < -0.3 is 78.4 Å². The number of carbonyl (C=O) groups is 16. The highest BCUT2D eigenvalue weighted by Crippen LogP contribution is 2.66. The predicted molar refractivity (Wildman–Crippen MR) is 525 cm³/mol.